The number of ether oxygens (including phenoxy) is 1. The molecule has 1 N–H and O–H groups in total. The third-order valence-electron chi connectivity index (χ3n) is 4.44. The van der Waals surface area contributed by atoms with Crippen LogP contribution in [0.4, 0.5) is 5.95 Å². The van der Waals surface area contributed by atoms with Gasteiger partial charge in [0.15, 0.2) is 5.65 Å². The minimum atomic E-state index is 0.355. The Morgan fingerprint density at radius 3 is 2.75 bits per heavy atom. The molecule has 0 spiro atoms. The number of hydrogen-bond acceptors (Lipinski definition) is 6. The summed E-state index contributed by atoms with van der Waals surface area (Å²) in [7, 11) is 0. The lowest BCUT2D eigenvalue weighted by molar-refractivity contribution is 0.317. The maximum Gasteiger partial charge on any atom is 0.265 e. The summed E-state index contributed by atoms with van der Waals surface area (Å²) in [4.78, 5) is 4.62. The smallest absolute Gasteiger partial charge is 0.265 e. The second-order valence-corrected chi connectivity index (χ2v) is 6.33. The molecule has 0 aliphatic rings. The molecule has 7 nitrogen and oxygen atoms in total. The predicted octanol–water partition coefficient (Wildman–Crippen LogP) is 4.23. The summed E-state index contributed by atoms with van der Waals surface area (Å²) in [5, 5.41) is 13.9. The van der Waals surface area contributed by atoms with Gasteiger partial charge in [0.05, 0.1) is 18.3 Å². The average molecular weight is 374 g/mol. The van der Waals surface area contributed by atoms with Gasteiger partial charge in [-0.25, -0.2) is 5.43 Å². The molecule has 0 unspecified atom stereocenters. The van der Waals surface area contributed by atoms with Gasteiger partial charge < -0.3 is 9.30 Å². The van der Waals surface area contributed by atoms with Crippen molar-refractivity contribution in [2.45, 2.75) is 26.8 Å². The van der Waals surface area contributed by atoms with Crippen LogP contribution in [0, 0.1) is 0 Å². The van der Waals surface area contributed by atoms with Gasteiger partial charge in [0, 0.05) is 17.5 Å². The fraction of sp³-hybridized carbons (Fsp3) is 0.238. The molecule has 0 saturated carbocycles. The predicted molar refractivity (Wildman–Crippen MR) is 112 cm³/mol. The fourth-order valence-electron chi connectivity index (χ4n) is 3.16. The van der Waals surface area contributed by atoms with E-state index in [1.54, 1.807) is 6.21 Å². The van der Waals surface area contributed by atoms with Gasteiger partial charge in [-0.3, -0.25) is 0 Å². The van der Waals surface area contributed by atoms with Gasteiger partial charge >= 0.3 is 0 Å². The summed E-state index contributed by atoms with van der Waals surface area (Å²) in [6.45, 7) is 5.64. The summed E-state index contributed by atoms with van der Waals surface area (Å²) in [5.74, 6) is 1.16. The molecule has 7 heteroatoms. The molecule has 4 aromatic rings. The van der Waals surface area contributed by atoms with Crippen molar-refractivity contribution in [3.8, 4) is 5.75 Å². The molecular weight excluding hydrogens is 352 g/mol. The van der Waals surface area contributed by atoms with E-state index in [1.165, 1.54) is 0 Å². The monoisotopic (exact) mass is 374 g/mol. The van der Waals surface area contributed by atoms with E-state index in [9.17, 15) is 0 Å². The number of hydrazone groups is 1. The molecule has 0 bridgehead atoms. The number of benzene rings is 2. The molecule has 2 heterocycles. The highest BCUT2D eigenvalue weighted by atomic mass is 16.5. The highest BCUT2D eigenvalue weighted by Gasteiger charge is 2.13. The second kappa shape index (κ2) is 8.04. The first kappa shape index (κ1) is 17.9. The van der Waals surface area contributed by atoms with E-state index in [1.807, 2.05) is 42.5 Å². The number of aryl methyl sites for hydroxylation is 1. The number of para-hydroxylation sites is 2. The maximum atomic E-state index is 5.74. The molecule has 28 heavy (non-hydrogen) atoms. The van der Waals surface area contributed by atoms with Crippen molar-refractivity contribution in [2.75, 3.05) is 12.0 Å². The molecular formula is C21H22N6O. The summed E-state index contributed by atoms with van der Waals surface area (Å²) < 4.78 is 7.87. The molecule has 0 aliphatic heterocycles. The van der Waals surface area contributed by atoms with Crippen LogP contribution in [0.25, 0.3) is 22.1 Å². The van der Waals surface area contributed by atoms with Crippen molar-refractivity contribution in [1.82, 2.24) is 19.7 Å². The molecule has 2 aromatic heterocycles. The van der Waals surface area contributed by atoms with Crippen molar-refractivity contribution >= 4 is 34.2 Å². The summed E-state index contributed by atoms with van der Waals surface area (Å²) >= 11 is 0. The number of anilines is 1. The first-order valence-electron chi connectivity index (χ1n) is 9.44. The molecule has 0 saturated heterocycles. The zero-order valence-corrected chi connectivity index (χ0v) is 16.0. The number of rotatable bonds is 7. The zero-order chi connectivity index (χ0) is 19.3. The third-order valence-corrected chi connectivity index (χ3v) is 4.44. The second-order valence-electron chi connectivity index (χ2n) is 6.33. The van der Waals surface area contributed by atoms with Gasteiger partial charge in [0.2, 0.25) is 0 Å². The number of nitrogens with one attached hydrogen (secondary N) is 1. The lowest BCUT2D eigenvalue weighted by Gasteiger charge is -2.07. The van der Waals surface area contributed by atoms with Crippen molar-refractivity contribution in [1.29, 1.82) is 0 Å². The van der Waals surface area contributed by atoms with E-state index in [4.69, 9.17) is 4.74 Å². The van der Waals surface area contributed by atoms with E-state index < -0.39 is 0 Å². The zero-order valence-electron chi connectivity index (χ0n) is 16.0. The highest BCUT2D eigenvalue weighted by molar-refractivity contribution is 6.04. The lowest BCUT2D eigenvalue weighted by atomic mass is 10.2. The van der Waals surface area contributed by atoms with Crippen molar-refractivity contribution in [2.24, 2.45) is 5.10 Å². The van der Waals surface area contributed by atoms with E-state index in [0.717, 1.165) is 46.3 Å². The van der Waals surface area contributed by atoms with Crippen LogP contribution < -0.4 is 10.2 Å². The van der Waals surface area contributed by atoms with E-state index in [-0.39, 0.29) is 0 Å². The Balaban J connectivity index is 1.61. The minimum absolute atomic E-state index is 0.355. The van der Waals surface area contributed by atoms with Crippen molar-refractivity contribution in [3.05, 3.63) is 54.1 Å². The van der Waals surface area contributed by atoms with E-state index in [0.29, 0.717) is 12.6 Å². The van der Waals surface area contributed by atoms with E-state index >= 15 is 0 Å². The molecule has 0 radical (unpaired) electrons. The molecule has 4 rings (SSSR count). The van der Waals surface area contributed by atoms with Gasteiger partial charge in [0.1, 0.15) is 11.3 Å². The van der Waals surface area contributed by atoms with Crippen molar-refractivity contribution in [3.63, 3.8) is 0 Å². The van der Waals surface area contributed by atoms with Crippen LogP contribution >= 0.6 is 0 Å². The standard InChI is InChI=1S/C21H22N6O/c1-3-13-28-18-12-8-5-9-15(18)14-22-25-21-23-20-19(24-26-21)16-10-6-7-11-17(16)27(20)4-2/h5-12,14H,3-4,13H2,1-2H3,(H,23,25,26)/b22-14-. The summed E-state index contributed by atoms with van der Waals surface area (Å²) in [5.41, 5.74) is 6.46. The molecule has 0 aliphatic carbocycles. The number of aromatic nitrogens is 4. The van der Waals surface area contributed by atoms with Gasteiger partial charge in [-0.15, -0.1) is 10.2 Å². The number of nitrogens with zero attached hydrogens (tertiary/aromatic N) is 5. The lowest BCUT2D eigenvalue weighted by Crippen LogP contribution is -2.03. The van der Waals surface area contributed by atoms with Crippen molar-refractivity contribution < 1.29 is 4.74 Å². The van der Waals surface area contributed by atoms with Crippen LogP contribution in [0.5, 0.6) is 5.75 Å². The first-order valence-corrected chi connectivity index (χ1v) is 9.44. The molecule has 0 amide bonds. The van der Waals surface area contributed by atoms with Gasteiger partial charge in [0.25, 0.3) is 5.95 Å². The Morgan fingerprint density at radius 2 is 1.89 bits per heavy atom. The topological polar surface area (TPSA) is 77.2 Å². The van der Waals surface area contributed by atoms with Gasteiger partial charge in [-0.2, -0.15) is 10.1 Å². The van der Waals surface area contributed by atoms with Crippen LogP contribution in [-0.2, 0) is 6.54 Å². The van der Waals surface area contributed by atoms with Crippen LogP contribution in [0.1, 0.15) is 25.8 Å². The van der Waals surface area contributed by atoms with Gasteiger partial charge in [-0.1, -0.05) is 37.3 Å². The number of fused-ring (bicyclic) bond motifs is 3. The highest BCUT2D eigenvalue weighted by Crippen LogP contribution is 2.26. The van der Waals surface area contributed by atoms with Crippen LogP contribution in [0.3, 0.4) is 0 Å². The molecule has 0 atom stereocenters. The first-order chi connectivity index (χ1) is 13.8. The largest absolute Gasteiger partial charge is 0.493 e. The molecule has 142 valence electrons. The van der Waals surface area contributed by atoms with Crippen LogP contribution in [-0.4, -0.2) is 32.6 Å². The molecule has 0 fully saturated rings. The van der Waals surface area contributed by atoms with Crippen LogP contribution in [0.2, 0.25) is 0 Å². The fourth-order valence-corrected chi connectivity index (χ4v) is 3.16. The Kier molecular flexibility index (Phi) is 5.14. The SMILES string of the molecule is CCCOc1ccccc1/C=N\Nc1nnc2c3ccccc3n(CC)c2n1. The normalized spacial score (nSPS) is 11.5. The summed E-state index contributed by atoms with van der Waals surface area (Å²) in [6.07, 6.45) is 2.66. The quantitative estimate of drug-likeness (QED) is 0.387. The Hall–Kier alpha value is -3.48. The third kappa shape index (κ3) is 3.38. The average Bonchev–Trinajstić information content (AvgIpc) is 3.06. The molecule has 2 aromatic carbocycles. The Bertz CT molecular complexity index is 1130. The summed E-state index contributed by atoms with van der Waals surface area (Å²) in [6, 6.07) is 15.9. The van der Waals surface area contributed by atoms with Gasteiger partial charge in [-0.05, 0) is 31.5 Å². The maximum absolute atomic E-state index is 5.74. The minimum Gasteiger partial charge on any atom is -0.493 e. The Labute approximate surface area is 163 Å². The Morgan fingerprint density at radius 1 is 1.07 bits per heavy atom. The number of hydrogen-bond donors (Lipinski definition) is 1. The van der Waals surface area contributed by atoms with E-state index in [2.05, 4.69) is 50.2 Å². The van der Waals surface area contributed by atoms with Crippen LogP contribution in [0.15, 0.2) is 53.6 Å².